The topological polar surface area (TPSA) is 52.0 Å². The Bertz CT molecular complexity index is 659. The molecule has 0 unspecified atom stereocenters. The van der Waals surface area contributed by atoms with Gasteiger partial charge in [-0.15, -0.1) is 0 Å². The molecule has 1 saturated heterocycles. The highest BCUT2D eigenvalue weighted by Gasteiger charge is 2.11. The van der Waals surface area contributed by atoms with Gasteiger partial charge in [0.25, 0.3) is 0 Å². The van der Waals surface area contributed by atoms with Gasteiger partial charge in [-0.3, -0.25) is 9.88 Å². The summed E-state index contributed by atoms with van der Waals surface area (Å²) >= 11 is 2.02. The fourth-order valence-electron chi connectivity index (χ4n) is 2.58. The summed E-state index contributed by atoms with van der Waals surface area (Å²) < 4.78 is 0. The van der Waals surface area contributed by atoms with E-state index >= 15 is 0 Å². The van der Waals surface area contributed by atoms with Gasteiger partial charge in [-0.2, -0.15) is 17.0 Å². The van der Waals surface area contributed by atoms with Crippen LogP contribution in [0.15, 0.2) is 30.5 Å². The second-order valence-corrected chi connectivity index (χ2v) is 6.28. The monoisotopic (exact) mass is 298 g/mol. The predicted molar refractivity (Wildman–Crippen MR) is 88.7 cm³/mol. The van der Waals surface area contributed by atoms with Crippen molar-refractivity contribution in [2.75, 3.05) is 43.0 Å². The number of pyridine rings is 1. The minimum Gasteiger partial charge on any atom is -0.382 e. The SMILES string of the molecule is N#Cc1cnc2ccccc2c1NCCN1CCSCC1. The number of nitrogens with one attached hydrogen (secondary N) is 1. The highest BCUT2D eigenvalue weighted by molar-refractivity contribution is 7.99. The number of aromatic nitrogens is 1. The predicted octanol–water partition coefficient (Wildman–Crippen LogP) is 2.57. The maximum Gasteiger partial charge on any atom is 0.103 e. The van der Waals surface area contributed by atoms with E-state index < -0.39 is 0 Å². The molecule has 5 heteroatoms. The molecule has 0 bridgehead atoms. The summed E-state index contributed by atoms with van der Waals surface area (Å²) in [7, 11) is 0. The second-order valence-electron chi connectivity index (χ2n) is 5.06. The van der Waals surface area contributed by atoms with Crippen LogP contribution in [0.4, 0.5) is 5.69 Å². The zero-order valence-electron chi connectivity index (χ0n) is 11.9. The minimum absolute atomic E-state index is 0.614. The van der Waals surface area contributed by atoms with Gasteiger partial charge in [0.2, 0.25) is 0 Å². The summed E-state index contributed by atoms with van der Waals surface area (Å²) in [5.41, 5.74) is 2.45. The van der Waals surface area contributed by atoms with E-state index in [9.17, 15) is 5.26 Å². The smallest absolute Gasteiger partial charge is 0.103 e. The highest BCUT2D eigenvalue weighted by Crippen LogP contribution is 2.25. The molecule has 3 rings (SSSR count). The van der Waals surface area contributed by atoms with Crippen molar-refractivity contribution < 1.29 is 0 Å². The van der Waals surface area contributed by atoms with E-state index in [0.717, 1.165) is 42.8 Å². The molecule has 0 amide bonds. The molecule has 1 aliphatic rings. The van der Waals surface area contributed by atoms with Crippen molar-refractivity contribution in [3.05, 3.63) is 36.0 Å². The molecule has 0 saturated carbocycles. The number of rotatable bonds is 4. The van der Waals surface area contributed by atoms with Crippen LogP contribution in [-0.4, -0.2) is 47.6 Å². The van der Waals surface area contributed by atoms with E-state index in [1.54, 1.807) is 6.20 Å². The number of fused-ring (bicyclic) bond motifs is 1. The normalized spacial score (nSPS) is 15.8. The van der Waals surface area contributed by atoms with Crippen LogP contribution in [0, 0.1) is 11.3 Å². The van der Waals surface area contributed by atoms with Crippen molar-refractivity contribution in [1.29, 1.82) is 5.26 Å². The van der Waals surface area contributed by atoms with Gasteiger partial charge in [-0.1, -0.05) is 18.2 Å². The number of nitrogens with zero attached hydrogens (tertiary/aromatic N) is 3. The van der Waals surface area contributed by atoms with Crippen LogP contribution in [0.2, 0.25) is 0 Å². The summed E-state index contributed by atoms with van der Waals surface area (Å²) in [6.45, 7) is 4.19. The summed E-state index contributed by atoms with van der Waals surface area (Å²) in [5.74, 6) is 2.45. The third kappa shape index (κ3) is 3.29. The largest absolute Gasteiger partial charge is 0.382 e. The van der Waals surface area contributed by atoms with Gasteiger partial charge in [0.1, 0.15) is 6.07 Å². The summed E-state index contributed by atoms with van der Waals surface area (Å²) in [6, 6.07) is 10.2. The van der Waals surface area contributed by atoms with Crippen molar-refractivity contribution in [1.82, 2.24) is 9.88 Å². The quantitative estimate of drug-likeness (QED) is 0.940. The maximum absolute atomic E-state index is 9.28. The van der Waals surface area contributed by atoms with Crippen LogP contribution in [0.1, 0.15) is 5.56 Å². The van der Waals surface area contributed by atoms with Crippen molar-refractivity contribution in [2.45, 2.75) is 0 Å². The Morgan fingerprint density at radius 2 is 2.10 bits per heavy atom. The zero-order valence-corrected chi connectivity index (χ0v) is 12.7. The average molecular weight is 298 g/mol. The lowest BCUT2D eigenvalue weighted by Crippen LogP contribution is -2.36. The molecule has 0 aliphatic carbocycles. The third-order valence-corrected chi connectivity index (χ3v) is 4.67. The highest BCUT2D eigenvalue weighted by atomic mass is 32.2. The van der Waals surface area contributed by atoms with Gasteiger partial charge in [0.15, 0.2) is 0 Å². The first-order valence-electron chi connectivity index (χ1n) is 7.20. The Morgan fingerprint density at radius 3 is 2.90 bits per heavy atom. The zero-order chi connectivity index (χ0) is 14.5. The van der Waals surface area contributed by atoms with Crippen LogP contribution >= 0.6 is 11.8 Å². The molecule has 0 spiro atoms. The first-order chi connectivity index (χ1) is 10.4. The van der Waals surface area contributed by atoms with Crippen LogP contribution in [0.25, 0.3) is 10.9 Å². The molecule has 0 radical (unpaired) electrons. The van der Waals surface area contributed by atoms with E-state index in [4.69, 9.17) is 0 Å². The van der Waals surface area contributed by atoms with Gasteiger partial charge in [0, 0.05) is 49.3 Å². The molecule has 1 fully saturated rings. The molecule has 2 aromatic rings. The fourth-order valence-corrected chi connectivity index (χ4v) is 3.56. The van der Waals surface area contributed by atoms with E-state index in [1.807, 2.05) is 36.0 Å². The lowest BCUT2D eigenvalue weighted by Gasteiger charge is -2.26. The number of nitriles is 1. The molecular formula is C16H18N4S. The Labute approximate surface area is 129 Å². The first-order valence-corrected chi connectivity index (χ1v) is 8.36. The Balaban J connectivity index is 1.74. The number of thioether (sulfide) groups is 1. The lowest BCUT2D eigenvalue weighted by molar-refractivity contribution is 0.314. The fraction of sp³-hybridized carbons (Fsp3) is 0.375. The summed E-state index contributed by atoms with van der Waals surface area (Å²) in [5, 5.41) is 13.7. The van der Waals surface area contributed by atoms with Crippen LogP contribution in [-0.2, 0) is 0 Å². The Kier molecular flexibility index (Phi) is 4.59. The average Bonchev–Trinajstić information content (AvgIpc) is 2.56. The van der Waals surface area contributed by atoms with Crippen LogP contribution < -0.4 is 5.32 Å². The molecule has 0 atom stereocenters. The molecule has 1 aliphatic heterocycles. The number of hydrogen-bond donors (Lipinski definition) is 1. The lowest BCUT2D eigenvalue weighted by atomic mass is 10.1. The molecule has 21 heavy (non-hydrogen) atoms. The third-order valence-electron chi connectivity index (χ3n) is 3.73. The van der Waals surface area contributed by atoms with Crippen molar-refractivity contribution >= 4 is 28.4 Å². The van der Waals surface area contributed by atoms with E-state index in [-0.39, 0.29) is 0 Å². The molecule has 1 N–H and O–H groups in total. The number of benzene rings is 1. The Morgan fingerprint density at radius 1 is 1.29 bits per heavy atom. The number of anilines is 1. The van der Waals surface area contributed by atoms with Gasteiger partial charge in [-0.25, -0.2) is 0 Å². The van der Waals surface area contributed by atoms with Gasteiger partial charge < -0.3 is 5.32 Å². The van der Waals surface area contributed by atoms with Crippen LogP contribution in [0.5, 0.6) is 0 Å². The van der Waals surface area contributed by atoms with Crippen molar-refractivity contribution in [3.63, 3.8) is 0 Å². The van der Waals surface area contributed by atoms with Crippen molar-refractivity contribution in [2.24, 2.45) is 0 Å². The summed E-state index contributed by atoms with van der Waals surface area (Å²) in [4.78, 5) is 6.81. The Hall–Kier alpha value is -1.77. The maximum atomic E-state index is 9.28. The molecule has 1 aromatic heterocycles. The molecule has 2 heterocycles. The van der Waals surface area contributed by atoms with Gasteiger partial charge >= 0.3 is 0 Å². The van der Waals surface area contributed by atoms with Crippen LogP contribution in [0.3, 0.4) is 0 Å². The molecule has 1 aromatic carbocycles. The van der Waals surface area contributed by atoms with Gasteiger partial charge in [0.05, 0.1) is 16.8 Å². The number of para-hydroxylation sites is 1. The second kappa shape index (κ2) is 6.79. The van der Waals surface area contributed by atoms with Crippen molar-refractivity contribution in [3.8, 4) is 6.07 Å². The molecule has 108 valence electrons. The first kappa shape index (κ1) is 14.2. The molecular weight excluding hydrogens is 280 g/mol. The van der Waals surface area contributed by atoms with E-state index in [0.29, 0.717) is 5.56 Å². The standard InChI is InChI=1S/C16H18N4S/c17-11-13-12-19-15-4-2-1-3-14(15)16(13)18-5-6-20-7-9-21-10-8-20/h1-4,12H,5-10H2,(H,18,19). The minimum atomic E-state index is 0.614. The van der Waals surface area contributed by atoms with E-state index in [1.165, 1.54) is 11.5 Å². The molecule has 4 nitrogen and oxygen atoms in total. The van der Waals surface area contributed by atoms with Gasteiger partial charge in [-0.05, 0) is 6.07 Å². The summed E-state index contributed by atoms with van der Waals surface area (Å²) in [6.07, 6.45) is 1.65. The number of hydrogen-bond acceptors (Lipinski definition) is 5. The van der Waals surface area contributed by atoms with E-state index in [2.05, 4.69) is 21.3 Å².